The Bertz CT molecular complexity index is 1190. The van der Waals surface area contributed by atoms with Crippen LogP contribution in [0.3, 0.4) is 0 Å². The van der Waals surface area contributed by atoms with Crippen LogP contribution < -0.4 is 0 Å². The first kappa shape index (κ1) is 21.3. The first-order valence-electron chi connectivity index (χ1n) is 11.2. The van der Waals surface area contributed by atoms with Crippen LogP contribution in [-0.2, 0) is 35.3 Å². The lowest BCUT2D eigenvalue weighted by molar-refractivity contribution is -0.165. The monoisotopic (exact) mass is 558 g/mol. The standard InChI is InChI=1S/C26H23IO6/c1-14-20(29)25-13-24(14,27)10-8-16(25)26-11-9-17(28)23(2,22(31)33-26)19(26)18(25)21(30)32-12-15-6-4-3-5-7-15/h3-7,9,11,16,18-19H,1,8,10,12-13H2,2H3/t16-,18-,19-,23+,24+,25-,26-/m1/s1. The Kier molecular flexibility index (Phi) is 4.14. The topological polar surface area (TPSA) is 86.7 Å². The summed E-state index contributed by atoms with van der Waals surface area (Å²) >= 11 is 2.30. The van der Waals surface area contributed by atoms with Crippen molar-refractivity contribution in [2.75, 3.05) is 0 Å². The van der Waals surface area contributed by atoms with Crippen molar-refractivity contribution in [2.24, 2.45) is 28.6 Å². The normalized spacial score (nSPS) is 44.5. The summed E-state index contributed by atoms with van der Waals surface area (Å²) in [5.41, 5.74) is -2.43. The molecule has 5 aliphatic rings. The number of carbonyl (C=O) groups excluding carboxylic acids is 4. The minimum absolute atomic E-state index is 0.0520. The maximum atomic E-state index is 13.9. The Morgan fingerprint density at radius 3 is 2.70 bits per heavy atom. The van der Waals surface area contributed by atoms with Crippen LogP contribution in [0.25, 0.3) is 0 Å². The van der Waals surface area contributed by atoms with Crippen molar-refractivity contribution in [3.05, 3.63) is 60.2 Å². The third-order valence-electron chi connectivity index (χ3n) is 8.98. The van der Waals surface area contributed by atoms with Gasteiger partial charge in [-0.1, -0.05) is 59.5 Å². The number of fused-ring (bicyclic) bond motifs is 1. The van der Waals surface area contributed by atoms with Crippen LogP contribution in [0.4, 0.5) is 0 Å². The largest absolute Gasteiger partial charge is 0.461 e. The van der Waals surface area contributed by atoms with Crippen molar-refractivity contribution in [1.82, 2.24) is 0 Å². The highest BCUT2D eigenvalue weighted by Gasteiger charge is 2.86. The summed E-state index contributed by atoms with van der Waals surface area (Å²) in [6, 6.07) is 9.30. The van der Waals surface area contributed by atoms with E-state index in [1.807, 2.05) is 30.3 Å². The van der Waals surface area contributed by atoms with E-state index in [0.717, 1.165) is 5.56 Å². The third kappa shape index (κ3) is 2.29. The summed E-state index contributed by atoms with van der Waals surface area (Å²) in [7, 11) is 0. The van der Waals surface area contributed by atoms with E-state index in [-0.39, 0.29) is 18.2 Å². The number of carbonyl (C=O) groups is 4. The smallest absolute Gasteiger partial charge is 0.321 e. The molecule has 1 aromatic rings. The van der Waals surface area contributed by atoms with Gasteiger partial charge in [-0.3, -0.25) is 19.2 Å². The summed E-state index contributed by atoms with van der Waals surface area (Å²) in [6.45, 7) is 5.73. The van der Waals surface area contributed by atoms with Gasteiger partial charge >= 0.3 is 11.9 Å². The lowest BCUT2D eigenvalue weighted by atomic mass is 9.61. The van der Waals surface area contributed by atoms with Crippen molar-refractivity contribution in [3.8, 4) is 0 Å². The highest BCUT2D eigenvalue weighted by atomic mass is 127. The van der Waals surface area contributed by atoms with Crippen molar-refractivity contribution in [3.63, 3.8) is 0 Å². The molecule has 6 rings (SSSR count). The first-order chi connectivity index (χ1) is 15.6. The molecule has 1 heterocycles. The SMILES string of the molecule is C=C1C(=O)[C@]23C[C@@]1(I)CC[C@H]2[C@@]12C=CC(=O)[C@](C)(C(=O)O1)[C@H]2[C@@H]3C(=O)OCc1ccccc1. The van der Waals surface area contributed by atoms with E-state index in [1.165, 1.54) is 6.08 Å². The van der Waals surface area contributed by atoms with E-state index in [2.05, 4.69) is 29.2 Å². The van der Waals surface area contributed by atoms with Gasteiger partial charge in [0, 0.05) is 17.4 Å². The van der Waals surface area contributed by atoms with Gasteiger partial charge in [-0.15, -0.1) is 0 Å². The molecule has 170 valence electrons. The molecule has 1 saturated heterocycles. The molecule has 1 aliphatic heterocycles. The van der Waals surface area contributed by atoms with Crippen LogP contribution in [0.15, 0.2) is 54.6 Å². The molecule has 0 radical (unpaired) electrons. The number of ether oxygens (including phenoxy) is 2. The average molecular weight is 558 g/mol. The van der Waals surface area contributed by atoms with E-state index in [4.69, 9.17) is 9.47 Å². The van der Waals surface area contributed by atoms with Gasteiger partial charge in [-0.05, 0) is 43.9 Å². The van der Waals surface area contributed by atoms with Crippen LogP contribution in [0, 0.1) is 28.6 Å². The second-order valence-corrected chi connectivity index (χ2v) is 12.3. The molecule has 7 atom stereocenters. The number of hydrogen-bond donors (Lipinski definition) is 0. The van der Waals surface area contributed by atoms with E-state index in [9.17, 15) is 19.2 Å². The Morgan fingerprint density at radius 1 is 1.24 bits per heavy atom. The summed E-state index contributed by atoms with van der Waals surface area (Å²) in [6.07, 6.45) is 4.82. The number of esters is 2. The second-order valence-electron chi connectivity index (χ2n) is 10.3. The van der Waals surface area contributed by atoms with Gasteiger partial charge < -0.3 is 9.47 Å². The third-order valence-corrected chi connectivity index (χ3v) is 10.6. The lowest BCUT2D eigenvalue weighted by Crippen LogP contribution is -2.50. The number of halogens is 1. The summed E-state index contributed by atoms with van der Waals surface area (Å²) in [5.74, 6) is -3.83. The average Bonchev–Trinajstić information content (AvgIpc) is 3.21. The fraction of sp³-hybridized carbons (Fsp3) is 0.462. The van der Waals surface area contributed by atoms with Gasteiger partial charge in [0.2, 0.25) is 0 Å². The lowest BCUT2D eigenvalue weighted by Gasteiger charge is -2.43. The predicted octanol–water partition coefficient (Wildman–Crippen LogP) is 3.52. The van der Waals surface area contributed by atoms with E-state index in [1.54, 1.807) is 13.0 Å². The van der Waals surface area contributed by atoms with E-state index >= 15 is 0 Å². The molecular formula is C26H23IO6. The van der Waals surface area contributed by atoms with E-state index in [0.29, 0.717) is 24.8 Å². The number of hydrogen-bond acceptors (Lipinski definition) is 6. The quantitative estimate of drug-likeness (QED) is 0.186. The van der Waals surface area contributed by atoms with Gasteiger partial charge in [0.25, 0.3) is 0 Å². The second kappa shape index (κ2) is 6.43. The van der Waals surface area contributed by atoms with Crippen LogP contribution in [-0.4, -0.2) is 32.5 Å². The number of rotatable bonds is 3. The Labute approximate surface area is 204 Å². The van der Waals surface area contributed by atoms with Crippen molar-refractivity contribution in [1.29, 1.82) is 0 Å². The minimum Gasteiger partial charge on any atom is -0.461 e. The molecule has 0 unspecified atom stereocenters. The number of allylic oxidation sites excluding steroid dienone is 2. The first-order valence-corrected chi connectivity index (χ1v) is 12.3. The minimum atomic E-state index is -1.52. The number of Topliss-reactive ketones (excluding diaryl/α,β-unsaturated/α-hetero) is 1. The van der Waals surface area contributed by atoms with Crippen LogP contribution in [0.2, 0.25) is 0 Å². The van der Waals surface area contributed by atoms with Gasteiger partial charge in [0.1, 0.15) is 17.6 Å². The Balaban J connectivity index is 1.51. The van der Waals surface area contributed by atoms with Crippen molar-refractivity contribution >= 4 is 46.1 Å². The van der Waals surface area contributed by atoms with Crippen LogP contribution in [0.1, 0.15) is 31.7 Å². The fourth-order valence-corrected chi connectivity index (χ4v) is 8.71. The molecule has 7 heteroatoms. The van der Waals surface area contributed by atoms with E-state index < -0.39 is 49.5 Å². The van der Waals surface area contributed by atoms with Gasteiger partial charge in [-0.2, -0.15) is 0 Å². The summed E-state index contributed by atoms with van der Waals surface area (Å²) in [5, 5.41) is 0. The zero-order chi connectivity index (χ0) is 23.4. The predicted molar refractivity (Wildman–Crippen MR) is 125 cm³/mol. The molecule has 4 aliphatic carbocycles. The summed E-state index contributed by atoms with van der Waals surface area (Å²) in [4.78, 5) is 53.9. The van der Waals surface area contributed by atoms with Crippen LogP contribution >= 0.6 is 22.6 Å². The number of benzene rings is 1. The fourth-order valence-electron chi connectivity index (χ4n) is 7.52. The molecule has 1 aromatic carbocycles. The highest BCUT2D eigenvalue weighted by Crippen LogP contribution is 2.77. The van der Waals surface area contributed by atoms with Crippen molar-refractivity contribution in [2.45, 2.75) is 41.8 Å². The van der Waals surface area contributed by atoms with Gasteiger partial charge in [0.15, 0.2) is 11.6 Å². The Hall–Kier alpha value is -2.29. The Morgan fingerprint density at radius 2 is 1.97 bits per heavy atom. The number of ketones is 2. The van der Waals surface area contributed by atoms with Gasteiger partial charge in [0.05, 0.1) is 14.8 Å². The molecule has 0 amide bonds. The number of alkyl halides is 1. The maximum absolute atomic E-state index is 13.9. The van der Waals surface area contributed by atoms with Gasteiger partial charge in [-0.25, -0.2) is 0 Å². The maximum Gasteiger partial charge on any atom is 0.321 e. The molecule has 4 bridgehead atoms. The molecule has 33 heavy (non-hydrogen) atoms. The summed E-state index contributed by atoms with van der Waals surface area (Å²) < 4.78 is 11.3. The zero-order valence-corrected chi connectivity index (χ0v) is 20.3. The van der Waals surface area contributed by atoms with Crippen molar-refractivity contribution < 1.29 is 28.7 Å². The molecule has 0 N–H and O–H groups in total. The molecule has 1 spiro atoms. The molecule has 0 aromatic heterocycles. The molecule has 3 saturated carbocycles. The molecular weight excluding hydrogens is 535 g/mol. The molecule has 4 fully saturated rings. The van der Waals surface area contributed by atoms with Crippen LogP contribution in [0.5, 0.6) is 0 Å². The molecule has 6 nitrogen and oxygen atoms in total. The highest BCUT2D eigenvalue weighted by molar-refractivity contribution is 14.1. The zero-order valence-electron chi connectivity index (χ0n) is 18.1.